The minimum atomic E-state index is 1.04. The van der Waals surface area contributed by atoms with Gasteiger partial charge < -0.3 is 4.90 Å². The summed E-state index contributed by atoms with van der Waals surface area (Å²) in [5.74, 6) is 0. The molecular weight excluding hydrogens is 440 g/mol. The zero-order valence-electron chi connectivity index (χ0n) is 14.7. The molecule has 0 unspecified atom stereocenters. The van der Waals surface area contributed by atoms with Crippen LogP contribution in [0.25, 0.3) is 5.57 Å². The number of fused-ring (bicyclic) bond motifs is 2. The second kappa shape index (κ2) is 6.98. The molecule has 0 radical (unpaired) electrons. The van der Waals surface area contributed by atoms with E-state index in [1.54, 1.807) is 5.57 Å². The SMILES string of the molecule is Cc1ccc2c(c1Br)CCc1cc(Br)cnc1C2=C1CCN(C)CC1. The maximum absolute atomic E-state index is 4.87. The molecule has 2 nitrogen and oxygen atoms in total. The smallest absolute Gasteiger partial charge is 0.0740 e. The number of nitrogens with zero attached hydrogens (tertiary/aromatic N) is 2. The Morgan fingerprint density at radius 1 is 1.04 bits per heavy atom. The molecular formula is C21H22Br2N2. The molecule has 25 heavy (non-hydrogen) atoms. The van der Waals surface area contributed by atoms with Gasteiger partial charge in [-0.15, -0.1) is 0 Å². The van der Waals surface area contributed by atoms with Crippen LogP contribution in [0.1, 0.15) is 40.8 Å². The minimum absolute atomic E-state index is 1.04. The van der Waals surface area contributed by atoms with Gasteiger partial charge in [0, 0.05) is 33.8 Å². The van der Waals surface area contributed by atoms with Crippen LogP contribution in [0, 0.1) is 6.92 Å². The van der Waals surface area contributed by atoms with Crippen molar-refractivity contribution in [2.24, 2.45) is 0 Å². The van der Waals surface area contributed by atoms with Gasteiger partial charge in [-0.1, -0.05) is 33.6 Å². The fraction of sp³-hybridized carbons (Fsp3) is 0.381. The molecule has 0 amide bonds. The average Bonchev–Trinajstić information content (AvgIpc) is 2.76. The number of pyridine rings is 1. The molecule has 2 heterocycles. The maximum atomic E-state index is 4.87. The summed E-state index contributed by atoms with van der Waals surface area (Å²) in [6, 6.07) is 6.81. The van der Waals surface area contributed by atoms with Gasteiger partial charge in [-0.25, -0.2) is 0 Å². The normalized spacial score (nSPS) is 17.9. The largest absolute Gasteiger partial charge is 0.306 e. The Hall–Kier alpha value is -0.970. The number of aryl methyl sites for hydroxylation is 2. The molecule has 2 aromatic rings. The summed E-state index contributed by atoms with van der Waals surface area (Å²) in [6.45, 7) is 4.44. The number of aromatic nitrogens is 1. The van der Waals surface area contributed by atoms with Crippen LogP contribution < -0.4 is 0 Å². The number of piperidine rings is 1. The molecule has 1 aliphatic carbocycles. The molecule has 0 spiro atoms. The van der Waals surface area contributed by atoms with Gasteiger partial charge in [0.2, 0.25) is 0 Å². The third-order valence-corrected chi connectivity index (χ3v) is 7.00. The number of likely N-dealkylation sites (tertiary alicyclic amines) is 1. The van der Waals surface area contributed by atoms with Gasteiger partial charge in [0.15, 0.2) is 0 Å². The van der Waals surface area contributed by atoms with Crippen LogP contribution in [0.3, 0.4) is 0 Å². The van der Waals surface area contributed by atoms with Crippen molar-refractivity contribution < 1.29 is 0 Å². The van der Waals surface area contributed by atoms with Crippen LogP contribution >= 0.6 is 31.9 Å². The fourth-order valence-corrected chi connectivity index (χ4v) is 4.92. The van der Waals surface area contributed by atoms with Gasteiger partial charge >= 0.3 is 0 Å². The zero-order valence-corrected chi connectivity index (χ0v) is 17.9. The molecule has 4 rings (SSSR count). The predicted octanol–water partition coefficient (Wildman–Crippen LogP) is 5.54. The quantitative estimate of drug-likeness (QED) is 0.511. The second-order valence-corrected chi connectivity index (χ2v) is 8.87. The Bertz CT molecular complexity index is 860. The summed E-state index contributed by atoms with van der Waals surface area (Å²) in [6.07, 6.45) is 6.30. The van der Waals surface area contributed by atoms with Crippen molar-refractivity contribution in [3.8, 4) is 0 Å². The maximum Gasteiger partial charge on any atom is 0.0740 e. The average molecular weight is 462 g/mol. The van der Waals surface area contributed by atoms with E-state index in [0.717, 1.165) is 43.2 Å². The topological polar surface area (TPSA) is 16.1 Å². The minimum Gasteiger partial charge on any atom is -0.306 e. The van der Waals surface area contributed by atoms with Crippen LogP contribution in [0.4, 0.5) is 0 Å². The van der Waals surface area contributed by atoms with Crippen molar-refractivity contribution in [1.82, 2.24) is 9.88 Å². The lowest BCUT2D eigenvalue weighted by Crippen LogP contribution is -2.27. The van der Waals surface area contributed by atoms with Crippen molar-refractivity contribution in [3.63, 3.8) is 0 Å². The Morgan fingerprint density at radius 3 is 2.56 bits per heavy atom. The van der Waals surface area contributed by atoms with Gasteiger partial charge in [0.05, 0.1) is 5.69 Å². The molecule has 0 N–H and O–H groups in total. The van der Waals surface area contributed by atoms with Gasteiger partial charge in [0.1, 0.15) is 0 Å². The van der Waals surface area contributed by atoms with Crippen LogP contribution in [-0.2, 0) is 12.8 Å². The molecule has 1 aliphatic heterocycles. The lowest BCUT2D eigenvalue weighted by Gasteiger charge is -2.27. The lowest BCUT2D eigenvalue weighted by atomic mass is 9.88. The fourth-order valence-electron chi connectivity index (χ4n) is 4.00. The molecule has 1 aromatic heterocycles. The van der Waals surface area contributed by atoms with Crippen molar-refractivity contribution in [1.29, 1.82) is 0 Å². The molecule has 0 bridgehead atoms. The molecule has 0 atom stereocenters. The van der Waals surface area contributed by atoms with Gasteiger partial charge in [-0.2, -0.15) is 0 Å². The van der Waals surface area contributed by atoms with E-state index in [1.807, 2.05) is 6.20 Å². The second-order valence-electron chi connectivity index (χ2n) is 7.17. The van der Waals surface area contributed by atoms with Crippen molar-refractivity contribution in [2.45, 2.75) is 32.6 Å². The highest BCUT2D eigenvalue weighted by molar-refractivity contribution is 9.10. The van der Waals surface area contributed by atoms with E-state index < -0.39 is 0 Å². The first-order valence-corrected chi connectivity index (χ1v) is 10.5. The number of hydrogen-bond acceptors (Lipinski definition) is 2. The van der Waals surface area contributed by atoms with Gasteiger partial charge in [-0.3, -0.25) is 4.98 Å². The molecule has 130 valence electrons. The highest BCUT2D eigenvalue weighted by Gasteiger charge is 2.26. The van der Waals surface area contributed by atoms with Crippen molar-refractivity contribution in [2.75, 3.05) is 20.1 Å². The first-order valence-electron chi connectivity index (χ1n) is 8.88. The van der Waals surface area contributed by atoms with E-state index >= 15 is 0 Å². The number of rotatable bonds is 0. The molecule has 1 fully saturated rings. The third kappa shape index (κ3) is 3.24. The first kappa shape index (κ1) is 17.4. The molecule has 4 heteroatoms. The van der Waals surface area contributed by atoms with E-state index in [1.165, 1.54) is 38.0 Å². The van der Waals surface area contributed by atoms with E-state index in [9.17, 15) is 0 Å². The Balaban J connectivity index is 1.98. The summed E-state index contributed by atoms with van der Waals surface area (Å²) in [5, 5.41) is 0. The van der Waals surface area contributed by atoms with E-state index in [-0.39, 0.29) is 0 Å². The van der Waals surface area contributed by atoms with Gasteiger partial charge in [0.25, 0.3) is 0 Å². The molecule has 2 aliphatic rings. The van der Waals surface area contributed by atoms with E-state index in [4.69, 9.17) is 4.98 Å². The molecule has 1 aromatic carbocycles. The summed E-state index contributed by atoms with van der Waals surface area (Å²) in [4.78, 5) is 7.29. The summed E-state index contributed by atoms with van der Waals surface area (Å²) >= 11 is 7.47. The summed E-state index contributed by atoms with van der Waals surface area (Å²) in [5.41, 5.74) is 9.64. The predicted molar refractivity (Wildman–Crippen MR) is 111 cm³/mol. The Kier molecular flexibility index (Phi) is 4.87. The van der Waals surface area contributed by atoms with E-state index in [0.29, 0.717) is 0 Å². The highest BCUT2D eigenvalue weighted by atomic mass is 79.9. The van der Waals surface area contributed by atoms with Crippen LogP contribution in [0.5, 0.6) is 0 Å². The lowest BCUT2D eigenvalue weighted by molar-refractivity contribution is 0.313. The van der Waals surface area contributed by atoms with Gasteiger partial charge in [-0.05, 0) is 83.9 Å². The van der Waals surface area contributed by atoms with Crippen LogP contribution in [0.2, 0.25) is 0 Å². The molecule has 1 saturated heterocycles. The van der Waals surface area contributed by atoms with Crippen molar-refractivity contribution in [3.05, 3.63) is 66.9 Å². The Morgan fingerprint density at radius 2 is 1.80 bits per heavy atom. The zero-order chi connectivity index (χ0) is 17.6. The summed E-state index contributed by atoms with van der Waals surface area (Å²) in [7, 11) is 2.21. The highest BCUT2D eigenvalue weighted by Crippen LogP contribution is 2.41. The summed E-state index contributed by atoms with van der Waals surface area (Å²) < 4.78 is 2.34. The monoisotopic (exact) mass is 460 g/mol. The number of halogens is 2. The molecule has 0 saturated carbocycles. The number of benzene rings is 1. The van der Waals surface area contributed by atoms with E-state index in [2.05, 4.69) is 68.9 Å². The number of hydrogen-bond donors (Lipinski definition) is 0. The third-order valence-electron chi connectivity index (χ3n) is 5.46. The standard InChI is InChI=1S/C21H22Br2N2/c1-13-3-5-17-18(20(13)23)6-4-15-11-16(22)12-24-21(15)19(17)14-7-9-25(2)10-8-14/h3,5,11-12H,4,6-10H2,1-2H3. The first-order chi connectivity index (χ1) is 12.0. The van der Waals surface area contributed by atoms with Crippen LogP contribution in [-0.4, -0.2) is 30.0 Å². The Labute approximate surface area is 166 Å². The van der Waals surface area contributed by atoms with Crippen molar-refractivity contribution >= 4 is 37.4 Å². The van der Waals surface area contributed by atoms with Crippen LogP contribution in [0.15, 0.2) is 38.9 Å².